The predicted molar refractivity (Wildman–Crippen MR) is 104 cm³/mol. The molecule has 0 bridgehead atoms. The summed E-state index contributed by atoms with van der Waals surface area (Å²) >= 11 is 0. The minimum absolute atomic E-state index is 0.256. The van der Waals surface area contributed by atoms with Crippen LogP contribution in [-0.4, -0.2) is 40.7 Å². The molecule has 1 aliphatic heterocycles. The van der Waals surface area contributed by atoms with E-state index in [0.717, 1.165) is 44.6 Å². The Balaban J connectivity index is 1.39. The van der Waals surface area contributed by atoms with E-state index in [1.807, 2.05) is 24.4 Å². The average Bonchev–Trinajstić information content (AvgIpc) is 2.67. The zero-order valence-corrected chi connectivity index (χ0v) is 14.8. The number of aryl methyl sites for hydroxylation is 1. The number of anilines is 1. The minimum atomic E-state index is 0.256. The molecule has 0 radical (unpaired) electrons. The molecule has 1 aliphatic rings. The third-order valence-corrected chi connectivity index (χ3v) is 4.96. The van der Waals surface area contributed by atoms with E-state index in [1.165, 1.54) is 16.5 Å². The second-order valence-corrected chi connectivity index (χ2v) is 6.84. The number of rotatable bonds is 5. The molecule has 0 saturated carbocycles. The molecule has 0 amide bonds. The lowest BCUT2D eigenvalue weighted by Crippen LogP contribution is -2.42. The van der Waals surface area contributed by atoms with Crippen LogP contribution in [0.4, 0.5) is 5.82 Å². The van der Waals surface area contributed by atoms with E-state index in [9.17, 15) is 0 Å². The molecule has 4 rings (SSSR count). The first kappa shape index (κ1) is 16.9. The van der Waals surface area contributed by atoms with E-state index < -0.39 is 0 Å². The summed E-state index contributed by atoms with van der Waals surface area (Å²) in [5.41, 5.74) is 9.38. The maximum Gasteiger partial charge on any atom is 0.123 e. The van der Waals surface area contributed by atoms with Gasteiger partial charge in [0.25, 0.3) is 0 Å². The van der Waals surface area contributed by atoms with Gasteiger partial charge in [-0.05, 0) is 48.2 Å². The number of benzene rings is 1. The van der Waals surface area contributed by atoms with Crippen LogP contribution < -0.4 is 5.73 Å². The third kappa shape index (κ3) is 4.00. The zero-order chi connectivity index (χ0) is 17.8. The Morgan fingerprint density at radius 1 is 1.12 bits per heavy atom. The van der Waals surface area contributed by atoms with E-state index in [-0.39, 0.29) is 6.10 Å². The van der Waals surface area contributed by atoms with Gasteiger partial charge in [-0.25, -0.2) is 4.98 Å². The average molecular weight is 348 g/mol. The van der Waals surface area contributed by atoms with Crippen molar-refractivity contribution in [3.63, 3.8) is 0 Å². The second-order valence-electron chi connectivity index (χ2n) is 6.84. The lowest BCUT2D eigenvalue weighted by Gasteiger charge is -2.33. The van der Waals surface area contributed by atoms with Crippen molar-refractivity contribution in [2.45, 2.75) is 25.5 Å². The van der Waals surface area contributed by atoms with Gasteiger partial charge < -0.3 is 10.5 Å². The van der Waals surface area contributed by atoms with Crippen LogP contribution in [0.25, 0.3) is 10.9 Å². The second kappa shape index (κ2) is 7.81. The number of pyridine rings is 2. The highest BCUT2D eigenvalue weighted by atomic mass is 16.5. The molecule has 2 N–H and O–H groups in total. The molecule has 134 valence electrons. The number of hydrogen-bond acceptors (Lipinski definition) is 5. The van der Waals surface area contributed by atoms with E-state index >= 15 is 0 Å². The highest BCUT2D eigenvalue weighted by Gasteiger charge is 2.21. The smallest absolute Gasteiger partial charge is 0.123 e. The van der Waals surface area contributed by atoms with Gasteiger partial charge in [0.15, 0.2) is 0 Å². The summed E-state index contributed by atoms with van der Waals surface area (Å²) in [5, 5.41) is 1.24. The summed E-state index contributed by atoms with van der Waals surface area (Å²) in [7, 11) is 0. The van der Waals surface area contributed by atoms with E-state index in [0.29, 0.717) is 5.82 Å². The molecule has 3 aromatic rings. The maximum absolute atomic E-state index is 5.98. The molecule has 5 nitrogen and oxygen atoms in total. The SMILES string of the molecule is Nc1cc(CCC2CN(Cc3ccnc4ccccc34)CCO2)ccn1. The van der Waals surface area contributed by atoms with Gasteiger partial charge in [0.1, 0.15) is 5.82 Å². The molecule has 1 atom stereocenters. The number of nitrogens with two attached hydrogens (primary N) is 1. The molecule has 3 heterocycles. The zero-order valence-electron chi connectivity index (χ0n) is 14.8. The number of nitrogens with zero attached hydrogens (tertiary/aromatic N) is 3. The number of morpholine rings is 1. The fourth-order valence-electron chi connectivity index (χ4n) is 3.61. The summed E-state index contributed by atoms with van der Waals surface area (Å²) in [4.78, 5) is 11.0. The first-order valence-electron chi connectivity index (χ1n) is 9.15. The van der Waals surface area contributed by atoms with Crippen molar-refractivity contribution in [3.8, 4) is 0 Å². The lowest BCUT2D eigenvalue weighted by molar-refractivity contribution is -0.0344. The molecule has 0 aliphatic carbocycles. The fraction of sp³-hybridized carbons (Fsp3) is 0.333. The van der Waals surface area contributed by atoms with Crippen molar-refractivity contribution in [3.05, 3.63) is 66.0 Å². The Kier molecular flexibility index (Phi) is 5.09. The van der Waals surface area contributed by atoms with E-state index in [2.05, 4.69) is 39.1 Å². The Morgan fingerprint density at radius 3 is 2.92 bits per heavy atom. The van der Waals surface area contributed by atoms with Gasteiger partial charge in [0.05, 0.1) is 18.2 Å². The van der Waals surface area contributed by atoms with Crippen LogP contribution in [0.15, 0.2) is 54.9 Å². The molecule has 1 saturated heterocycles. The van der Waals surface area contributed by atoms with Crippen molar-refractivity contribution in [1.29, 1.82) is 0 Å². The molecule has 26 heavy (non-hydrogen) atoms. The number of nitrogen functional groups attached to an aromatic ring is 1. The van der Waals surface area contributed by atoms with Gasteiger partial charge in [0, 0.05) is 37.4 Å². The van der Waals surface area contributed by atoms with Gasteiger partial charge in [-0.15, -0.1) is 0 Å². The molecule has 1 fully saturated rings. The predicted octanol–water partition coefficient (Wildman–Crippen LogP) is 3.05. The normalized spacial score (nSPS) is 18.2. The van der Waals surface area contributed by atoms with Crippen molar-refractivity contribution in [2.75, 3.05) is 25.4 Å². The summed E-state index contributed by atoms with van der Waals surface area (Å²) in [6, 6.07) is 14.5. The molecule has 1 unspecified atom stereocenters. The first-order valence-corrected chi connectivity index (χ1v) is 9.15. The largest absolute Gasteiger partial charge is 0.384 e. The molecule has 5 heteroatoms. The maximum atomic E-state index is 5.98. The Labute approximate surface area is 153 Å². The summed E-state index contributed by atoms with van der Waals surface area (Å²) in [6.45, 7) is 3.64. The molecule has 2 aromatic heterocycles. The van der Waals surface area contributed by atoms with Crippen LogP contribution in [0.1, 0.15) is 17.5 Å². The number of ether oxygens (including phenoxy) is 1. The van der Waals surface area contributed by atoms with Gasteiger partial charge in [0.2, 0.25) is 0 Å². The highest BCUT2D eigenvalue weighted by Crippen LogP contribution is 2.20. The van der Waals surface area contributed by atoms with Crippen LogP contribution in [0.2, 0.25) is 0 Å². The molecular formula is C21H24N4O. The number of para-hydroxylation sites is 1. The van der Waals surface area contributed by atoms with Gasteiger partial charge in [-0.1, -0.05) is 18.2 Å². The van der Waals surface area contributed by atoms with Gasteiger partial charge in [-0.2, -0.15) is 0 Å². The van der Waals surface area contributed by atoms with Crippen LogP contribution in [-0.2, 0) is 17.7 Å². The lowest BCUT2D eigenvalue weighted by atomic mass is 10.1. The summed E-state index contributed by atoms with van der Waals surface area (Å²) in [5.74, 6) is 0.582. The van der Waals surface area contributed by atoms with Crippen molar-refractivity contribution in [1.82, 2.24) is 14.9 Å². The van der Waals surface area contributed by atoms with E-state index in [1.54, 1.807) is 6.20 Å². The molecule has 1 aromatic carbocycles. The first-order chi connectivity index (χ1) is 12.8. The van der Waals surface area contributed by atoms with Crippen LogP contribution >= 0.6 is 0 Å². The standard InChI is InChI=1S/C21H24N4O/c22-21-13-16(7-9-24-21)5-6-18-15-25(11-12-26-18)14-17-8-10-23-20-4-2-1-3-19(17)20/h1-4,7-10,13,18H,5-6,11-12,14-15H2,(H2,22,24). The monoisotopic (exact) mass is 348 g/mol. The Bertz CT molecular complexity index is 877. The fourth-order valence-corrected chi connectivity index (χ4v) is 3.61. The van der Waals surface area contributed by atoms with Crippen molar-refractivity contribution >= 4 is 16.7 Å². The number of hydrogen-bond donors (Lipinski definition) is 1. The topological polar surface area (TPSA) is 64.3 Å². The van der Waals surface area contributed by atoms with Gasteiger partial charge >= 0.3 is 0 Å². The number of aromatic nitrogens is 2. The Morgan fingerprint density at radius 2 is 2.00 bits per heavy atom. The third-order valence-electron chi connectivity index (χ3n) is 4.96. The van der Waals surface area contributed by atoms with Crippen molar-refractivity contribution < 1.29 is 4.74 Å². The minimum Gasteiger partial charge on any atom is -0.384 e. The van der Waals surface area contributed by atoms with Crippen molar-refractivity contribution in [2.24, 2.45) is 0 Å². The Hall–Kier alpha value is -2.50. The summed E-state index contributed by atoms with van der Waals surface area (Å²) in [6.07, 6.45) is 5.89. The van der Waals surface area contributed by atoms with Crippen LogP contribution in [0.5, 0.6) is 0 Å². The quantitative estimate of drug-likeness (QED) is 0.768. The summed E-state index contributed by atoms with van der Waals surface area (Å²) < 4.78 is 5.98. The molecule has 0 spiro atoms. The van der Waals surface area contributed by atoms with Crippen LogP contribution in [0, 0.1) is 0 Å². The van der Waals surface area contributed by atoms with Crippen LogP contribution in [0.3, 0.4) is 0 Å². The molecular weight excluding hydrogens is 324 g/mol. The number of fused-ring (bicyclic) bond motifs is 1. The van der Waals surface area contributed by atoms with Gasteiger partial charge in [-0.3, -0.25) is 9.88 Å². The highest BCUT2D eigenvalue weighted by molar-refractivity contribution is 5.81. The van der Waals surface area contributed by atoms with E-state index in [4.69, 9.17) is 10.5 Å².